The van der Waals surface area contributed by atoms with Crippen LogP contribution in [0.25, 0.3) is 10.9 Å². The minimum Gasteiger partial charge on any atom is -0.481 e. The molecule has 2 aromatic heterocycles. The molecule has 0 aliphatic rings. The molecule has 0 spiro atoms. The molecular weight excluding hydrogens is 292 g/mol. The van der Waals surface area contributed by atoms with E-state index in [2.05, 4.69) is 9.97 Å². The van der Waals surface area contributed by atoms with Gasteiger partial charge in [-0.05, 0) is 43.7 Å². The second-order valence-corrected chi connectivity index (χ2v) is 5.65. The number of aromatic amines is 1. The van der Waals surface area contributed by atoms with Crippen LogP contribution in [-0.2, 0) is 11.2 Å². The van der Waals surface area contributed by atoms with Crippen molar-refractivity contribution in [2.24, 2.45) is 0 Å². The van der Waals surface area contributed by atoms with Gasteiger partial charge in [0.15, 0.2) is 0 Å². The number of fused-ring (bicyclic) bond motifs is 1. The van der Waals surface area contributed by atoms with Gasteiger partial charge in [-0.3, -0.25) is 14.6 Å². The normalized spacial score (nSPS) is 10.9. The van der Waals surface area contributed by atoms with Crippen molar-refractivity contribution in [2.75, 3.05) is 0 Å². The van der Waals surface area contributed by atoms with Gasteiger partial charge in [0, 0.05) is 22.7 Å². The fraction of sp³-hybridized carbons (Fsp3) is 0.167. The van der Waals surface area contributed by atoms with Gasteiger partial charge in [-0.15, -0.1) is 0 Å². The number of carboxylic acids is 1. The van der Waals surface area contributed by atoms with Gasteiger partial charge in [0.2, 0.25) is 5.78 Å². The number of ketones is 1. The Morgan fingerprint density at radius 2 is 1.87 bits per heavy atom. The Kier molecular flexibility index (Phi) is 3.70. The zero-order valence-electron chi connectivity index (χ0n) is 12.9. The van der Waals surface area contributed by atoms with Gasteiger partial charge in [0.05, 0.1) is 12.1 Å². The fourth-order valence-corrected chi connectivity index (χ4v) is 2.68. The number of carbonyl (C=O) groups is 2. The van der Waals surface area contributed by atoms with Crippen LogP contribution in [0.5, 0.6) is 0 Å². The third-order valence-electron chi connectivity index (χ3n) is 3.76. The topological polar surface area (TPSA) is 83.0 Å². The molecule has 0 atom stereocenters. The molecular formula is C18H16N2O3. The first-order chi connectivity index (χ1) is 11.0. The summed E-state index contributed by atoms with van der Waals surface area (Å²) in [6, 6.07) is 9.18. The largest absolute Gasteiger partial charge is 0.481 e. The van der Waals surface area contributed by atoms with Crippen molar-refractivity contribution in [3.63, 3.8) is 0 Å². The fourth-order valence-electron chi connectivity index (χ4n) is 2.68. The molecule has 2 heterocycles. The zero-order chi connectivity index (χ0) is 16.6. The van der Waals surface area contributed by atoms with E-state index in [4.69, 9.17) is 0 Å². The lowest BCUT2D eigenvalue weighted by Crippen LogP contribution is -2.10. The predicted molar refractivity (Wildman–Crippen MR) is 86.8 cm³/mol. The smallest absolute Gasteiger partial charge is 0.307 e. The average molecular weight is 308 g/mol. The standard InChI is InChI=1S/C18H16N2O3/c1-10-3-4-14-12(7-10)13(9-16(21)22)17(20-14)18(23)15-8-11(2)5-6-19-15/h3-8,20H,9H2,1-2H3,(H,21,22). The zero-order valence-corrected chi connectivity index (χ0v) is 12.9. The average Bonchev–Trinajstić information content (AvgIpc) is 2.84. The van der Waals surface area contributed by atoms with Crippen LogP contribution in [0.2, 0.25) is 0 Å². The predicted octanol–water partition coefficient (Wildman–Crippen LogP) is 3.04. The molecule has 0 unspecified atom stereocenters. The lowest BCUT2D eigenvalue weighted by molar-refractivity contribution is -0.136. The third-order valence-corrected chi connectivity index (χ3v) is 3.76. The summed E-state index contributed by atoms with van der Waals surface area (Å²) in [5.74, 6) is -1.27. The Bertz CT molecular complexity index is 925. The molecule has 0 amide bonds. The number of aromatic nitrogens is 2. The van der Waals surface area contributed by atoms with Crippen molar-refractivity contribution in [3.05, 3.63) is 64.6 Å². The summed E-state index contributed by atoms with van der Waals surface area (Å²) in [5.41, 5.74) is 3.80. The number of nitrogens with zero attached hydrogens (tertiary/aromatic N) is 1. The summed E-state index contributed by atoms with van der Waals surface area (Å²) < 4.78 is 0. The van der Waals surface area contributed by atoms with Crippen LogP contribution in [0, 0.1) is 13.8 Å². The minimum absolute atomic E-state index is 0.212. The highest BCUT2D eigenvalue weighted by Crippen LogP contribution is 2.26. The summed E-state index contributed by atoms with van der Waals surface area (Å²) in [7, 11) is 0. The molecule has 1 aromatic carbocycles. The molecule has 5 heteroatoms. The van der Waals surface area contributed by atoms with Crippen LogP contribution in [0.4, 0.5) is 0 Å². The molecule has 3 rings (SSSR count). The van der Waals surface area contributed by atoms with Crippen molar-refractivity contribution in [3.8, 4) is 0 Å². The van der Waals surface area contributed by atoms with Crippen molar-refractivity contribution in [2.45, 2.75) is 20.3 Å². The number of H-pyrrole nitrogens is 1. The number of rotatable bonds is 4. The van der Waals surface area contributed by atoms with Crippen LogP contribution in [0.1, 0.15) is 32.9 Å². The van der Waals surface area contributed by atoms with Crippen molar-refractivity contribution in [1.29, 1.82) is 0 Å². The first kappa shape index (κ1) is 15.0. The molecule has 0 aliphatic carbocycles. The van der Waals surface area contributed by atoms with Crippen LogP contribution in [0.3, 0.4) is 0 Å². The van der Waals surface area contributed by atoms with Crippen LogP contribution < -0.4 is 0 Å². The summed E-state index contributed by atoms with van der Waals surface area (Å²) in [6.07, 6.45) is 1.36. The maximum absolute atomic E-state index is 12.8. The lowest BCUT2D eigenvalue weighted by Gasteiger charge is -2.03. The SMILES string of the molecule is Cc1ccnc(C(=O)c2[nH]c3ccc(C)cc3c2CC(=O)O)c1. The monoisotopic (exact) mass is 308 g/mol. The van der Waals surface area contributed by atoms with Gasteiger partial charge in [0.25, 0.3) is 0 Å². The summed E-state index contributed by atoms with van der Waals surface area (Å²) in [6.45, 7) is 3.81. The number of aliphatic carboxylic acids is 1. The molecule has 0 fully saturated rings. The molecule has 0 saturated carbocycles. The van der Waals surface area contributed by atoms with Crippen LogP contribution in [0.15, 0.2) is 36.5 Å². The van der Waals surface area contributed by atoms with E-state index < -0.39 is 5.97 Å². The van der Waals surface area contributed by atoms with Gasteiger partial charge < -0.3 is 10.1 Å². The maximum atomic E-state index is 12.8. The van der Waals surface area contributed by atoms with Gasteiger partial charge in [-0.2, -0.15) is 0 Å². The number of nitrogens with one attached hydrogen (secondary N) is 1. The molecule has 0 radical (unpaired) electrons. The van der Waals surface area contributed by atoms with Gasteiger partial charge >= 0.3 is 5.97 Å². The van der Waals surface area contributed by atoms with Crippen molar-refractivity contribution < 1.29 is 14.7 Å². The number of carboxylic acid groups (broad SMARTS) is 1. The molecule has 0 saturated heterocycles. The first-order valence-electron chi connectivity index (χ1n) is 7.26. The van der Waals surface area contributed by atoms with Gasteiger partial charge in [-0.25, -0.2) is 0 Å². The van der Waals surface area contributed by atoms with Gasteiger partial charge in [0.1, 0.15) is 5.69 Å². The minimum atomic E-state index is -0.973. The number of benzene rings is 1. The van der Waals surface area contributed by atoms with E-state index in [1.54, 1.807) is 12.3 Å². The Hall–Kier alpha value is -2.95. The number of aryl methyl sites for hydroxylation is 2. The Morgan fingerprint density at radius 3 is 2.57 bits per heavy atom. The maximum Gasteiger partial charge on any atom is 0.307 e. The molecule has 116 valence electrons. The van der Waals surface area contributed by atoms with Crippen molar-refractivity contribution >= 4 is 22.7 Å². The molecule has 23 heavy (non-hydrogen) atoms. The summed E-state index contributed by atoms with van der Waals surface area (Å²) in [4.78, 5) is 31.2. The summed E-state index contributed by atoms with van der Waals surface area (Å²) in [5, 5.41) is 9.96. The van der Waals surface area contributed by atoms with E-state index in [0.29, 0.717) is 17.0 Å². The molecule has 0 aliphatic heterocycles. The molecule has 3 aromatic rings. The Balaban J connectivity index is 2.19. The number of hydrogen-bond donors (Lipinski definition) is 2. The molecule has 0 bridgehead atoms. The van der Waals surface area contributed by atoms with Crippen LogP contribution >= 0.6 is 0 Å². The van der Waals surface area contributed by atoms with E-state index in [1.165, 1.54) is 0 Å². The quantitative estimate of drug-likeness (QED) is 0.726. The molecule has 5 nitrogen and oxygen atoms in total. The highest BCUT2D eigenvalue weighted by atomic mass is 16.4. The number of carbonyl (C=O) groups excluding carboxylic acids is 1. The Morgan fingerprint density at radius 1 is 1.13 bits per heavy atom. The Labute approximate surface area is 133 Å². The van der Waals surface area contributed by atoms with E-state index in [-0.39, 0.29) is 12.2 Å². The molecule has 2 N–H and O–H groups in total. The number of hydrogen-bond acceptors (Lipinski definition) is 3. The van der Waals surface area contributed by atoms with E-state index >= 15 is 0 Å². The second-order valence-electron chi connectivity index (χ2n) is 5.65. The van der Waals surface area contributed by atoms with Crippen molar-refractivity contribution in [1.82, 2.24) is 9.97 Å². The van der Waals surface area contributed by atoms with Gasteiger partial charge in [-0.1, -0.05) is 11.6 Å². The third kappa shape index (κ3) is 2.85. The lowest BCUT2D eigenvalue weighted by atomic mass is 10.0. The van der Waals surface area contributed by atoms with E-state index in [9.17, 15) is 14.7 Å². The number of pyridine rings is 1. The van der Waals surface area contributed by atoms with E-state index in [0.717, 1.165) is 22.0 Å². The second kappa shape index (κ2) is 5.68. The first-order valence-corrected chi connectivity index (χ1v) is 7.26. The van der Waals surface area contributed by atoms with E-state index in [1.807, 2.05) is 38.1 Å². The van der Waals surface area contributed by atoms with Crippen LogP contribution in [-0.4, -0.2) is 26.8 Å². The highest BCUT2D eigenvalue weighted by molar-refractivity contribution is 6.11. The summed E-state index contributed by atoms with van der Waals surface area (Å²) >= 11 is 0. The highest BCUT2D eigenvalue weighted by Gasteiger charge is 2.21.